The average Bonchev–Trinajstić information content (AvgIpc) is 2.79. The highest BCUT2D eigenvalue weighted by atomic mass is 16.5. The second-order valence-corrected chi connectivity index (χ2v) is 4.79. The van der Waals surface area contributed by atoms with Crippen molar-refractivity contribution in [2.75, 3.05) is 47.1 Å². The molecule has 0 radical (unpaired) electrons. The van der Waals surface area contributed by atoms with Gasteiger partial charge in [-0.1, -0.05) is 0 Å². The molecule has 1 saturated heterocycles. The normalized spacial score (nSPS) is 29.5. The summed E-state index contributed by atoms with van der Waals surface area (Å²) >= 11 is 0. The van der Waals surface area contributed by atoms with Crippen molar-refractivity contribution in [3.8, 4) is 0 Å². The Balaban J connectivity index is 2.64. The fraction of sp³-hybridized carbons (Fsp3) is 1.00. The van der Waals surface area contributed by atoms with Crippen LogP contribution in [0.4, 0.5) is 0 Å². The number of ether oxygens (including phenoxy) is 3. The van der Waals surface area contributed by atoms with Crippen molar-refractivity contribution in [2.45, 2.75) is 31.6 Å². The summed E-state index contributed by atoms with van der Waals surface area (Å²) in [6.45, 7) is 7.74. The molecule has 0 aromatic heterocycles. The third-order valence-electron chi connectivity index (χ3n) is 3.64. The van der Waals surface area contributed by atoms with Crippen molar-refractivity contribution < 1.29 is 14.2 Å². The van der Waals surface area contributed by atoms with Crippen molar-refractivity contribution in [1.82, 2.24) is 4.90 Å². The van der Waals surface area contributed by atoms with Crippen molar-refractivity contribution >= 4 is 0 Å². The highest BCUT2D eigenvalue weighted by molar-refractivity contribution is 4.96. The lowest BCUT2D eigenvalue weighted by Gasteiger charge is -2.37. The van der Waals surface area contributed by atoms with E-state index in [9.17, 15) is 0 Å². The van der Waals surface area contributed by atoms with E-state index < -0.39 is 0 Å². The van der Waals surface area contributed by atoms with Gasteiger partial charge in [0, 0.05) is 40.5 Å². The van der Waals surface area contributed by atoms with Crippen LogP contribution in [0.5, 0.6) is 0 Å². The molecule has 3 unspecified atom stereocenters. The number of hydrogen-bond acceptors (Lipinski definition) is 5. The molecule has 2 N–H and O–H groups in total. The van der Waals surface area contributed by atoms with Crippen LogP contribution in [0.1, 0.15) is 13.8 Å². The zero-order valence-corrected chi connectivity index (χ0v) is 11.4. The maximum Gasteiger partial charge on any atom is 0.0972 e. The lowest BCUT2D eigenvalue weighted by atomic mass is 10.0. The molecule has 3 atom stereocenters. The molecule has 0 aliphatic carbocycles. The first-order valence-corrected chi connectivity index (χ1v) is 6.19. The van der Waals surface area contributed by atoms with Crippen LogP contribution in [0.2, 0.25) is 0 Å². The van der Waals surface area contributed by atoms with Crippen LogP contribution in [-0.4, -0.2) is 69.7 Å². The summed E-state index contributed by atoms with van der Waals surface area (Å²) < 4.78 is 16.4. The van der Waals surface area contributed by atoms with Crippen molar-refractivity contribution in [2.24, 2.45) is 5.73 Å². The summed E-state index contributed by atoms with van der Waals surface area (Å²) in [4.78, 5) is 2.31. The Morgan fingerprint density at radius 1 is 1.24 bits per heavy atom. The first kappa shape index (κ1) is 14.9. The lowest BCUT2D eigenvalue weighted by molar-refractivity contribution is -0.00461. The van der Waals surface area contributed by atoms with Crippen LogP contribution < -0.4 is 5.73 Å². The first-order chi connectivity index (χ1) is 8.11. The van der Waals surface area contributed by atoms with Crippen molar-refractivity contribution in [3.63, 3.8) is 0 Å². The van der Waals surface area contributed by atoms with E-state index in [1.165, 1.54) is 0 Å². The molecule has 17 heavy (non-hydrogen) atoms. The van der Waals surface area contributed by atoms with E-state index in [0.717, 1.165) is 13.1 Å². The highest BCUT2D eigenvalue weighted by Gasteiger charge is 2.41. The Morgan fingerprint density at radius 3 is 2.12 bits per heavy atom. The van der Waals surface area contributed by atoms with Crippen LogP contribution in [0, 0.1) is 0 Å². The number of nitrogens with zero attached hydrogens (tertiary/aromatic N) is 1. The summed E-state index contributed by atoms with van der Waals surface area (Å²) in [6, 6.07) is 0. The molecule has 1 heterocycles. The molecule has 5 nitrogen and oxygen atoms in total. The molecule has 5 heteroatoms. The van der Waals surface area contributed by atoms with Crippen LogP contribution in [0.15, 0.2) is 0 Å². The molecule has 102 valence electrons. The van der Waals surface area contributed by atoms with E-state index in [1.807, 2.05) is 6.92 Å². The maximum atomic E-state index is 5.90. The van der Waals surface area contributed by atoms with E-state index in [0.29, 0.717) is 19.8 Å². The van der Waals surface area contributed by atoms with Crippen molar-refractivity contribution in [1.29, 1.82) is 0 Å². The van der Waals surface area contributed by atoms with Crippen LogP contribution >= 0.6 is 0 Å². The van der Waals surface area contributed by atoms with E-state index >= 15 is 0 Å². The van der Waals surface area contributed by atoms with Gasteiger partial charge in [0.2, 0.25) is 0 Å². The second-order valence-electron chi connectivity index (χ2n) is 4.79. The monoisotopic (exact) mass is 246 g/mol. The van der Waals surface area contributed by atoms with E-state index in [-0.39, 0.29) is 17.7 Å². The van der Waals surface area contributed by atoms with Gasteiger partial charge < -0.3 is 19.9 Å². The maximum absolute atomic E-state index is 5.90. The fourth-order valence-corrected chi connectivity index (χ4v) is 2.24. The van der Waals surface area contributed by atoms with E-state index in [4.69, 9.17) is 19.9 Å². The Labute approximate surface area is 104 Å². The largest absolute Gasteiger partial charge is 0.380 e. The standard InChI is InChI=1S/C12H26N2O3/c1-5-17-9-12(2,8-13)14-6-10(15-3)11(7-14)16-4/h10-11H,5-9,13H2,1-4H3. The number of nitrogens with two attached hydrogens (primary N) is 1. The molecule has 0 aromatic carbocycles. The number of hydrogen-bond donors (Lipinski definition) is 1. The van der Waals surface area contributed by atoms with E-state index in [2.05, 4.69) is 11.8 Å². The molecule has 1 aliphatic rings. The van der Waals surface area contributed by atoms with Crippen LogP contribution in [0.3, 0.4) is 0 Å². The van der Waals surface area contributed by atoms with Gasteiger partial charge in [-0.3, -0.25) is 4.90 Å². The van der Waals surface area contributed by atoms with Gasteiger partial charge in [0.05, 0.1) is 24.4 Å². The van der Waals surface area contributed by atoms with Gasteiger partial charge >= 0.3 is 0 Å². The number of likely N-dealkylation sites (tertiary alicyclic amines) is 1. The minimum absolute atomic E-state index is 0.118. The summed E-state index contributed by atoms with van der Waals surface area (Å²) in [6.07, 6.45) is 0.236. The third kappa shape index (κ3) is 3.39. The van der Waals surface area contributed by atoms with Gasteiger partial charge in [0.15, 0.2) is 0 Å². The lowest BCUT2D eigenvalue weighted by Crippen LogP contribution is -2.54. The molecule has 0 aromatic rings. The first-order valence-electron chi connectivity index (χ1n) is 6.19. The Hall–Kier alpha value is -0.200. The van der Waals surface area contributed by atoms with Gasteiger partial charge in [-0.25, -0.2) is 0 Å². The molecule has 0 saturated carbocycles. The molecule has 1 aliphatic heterocycles. The predicted molar refractivity (Wildman–Crippen MR) is 67.1 cm³/mol. The van der Waals surface area contributed by atoms with E-state index in [1.54, 1.807) is 14.2 Å². The second kappa shape index (κ2) is 6.66. The summed E-state index contributed by atoms with van der Waals surface area (Å²) in [5.74, 6) is 0. The van der Waals surface area contributed by atoms with Gasteiger partial charge in [0.1, 0.15) is 0 Å². The fourth-order valence-electron chi connectivity index (χ4n) is 2.24. The van der Waals surface area contributed by atoms with Crippen LogP contribution in [-0.2, 0) is 14.2 Å². The molecule has 0 amide bonds. The minimum atomic E-state index is -0.139. The van der Waals surface area contributed by atoms with Gasteiger partial charge in [-0.05, 0) is 13.8 Å². The van der Waals surface area contributed by atoms with Gasteiger partial charge in [-0.2, -0.15) is 0 Å². The van der Waals surface area contributed by atoms with Gasteiger partial charge in [0.25, 0.3) is 0 Å². The highest BCUT2D eigenvalue weighted by Crippen LogP contribution is 2.24. The number of rotatable bonds is 7. The molecular formula is C12H26N2O3. The topological polar surface area (TPSA) is 57.0 Å². The quantitative estimate of drug-likeness (QED) is 0.690. The third-order valence-corrected chi connectivity index (χ3v) is 3.64. The average molecular weight is 246 g/mol. The van der Waals surface area contributed by atoms with Gasteiger partial charge in [-0.15, -0.1) is 0 Å². The van der Waals surface area contributed by atoms with Crippen molar-refractivity contribution in [3.05, 3.63) is 0 Å². The smallest absolute Gasteiger partial charge is 0.0972 e. The SMILES string of the molecule is CCOCC(C)(CN)N1CC(OC)C(OC)C1. The Kier molecular flexibility index (Phi) is 5.82. The summed E-state index contributed by atoms with van der Waals surface area (Å²) in [5, 5.41) is 0. The minimum Gasteiger partial charge on any atom is -0.380 e. The summed E-state index contributed by atoms with van der Waals surface area (Å²) in [7, 11) is 3.45. The Morgan fingerprint density at radius 2 is 1.76 bits per heavy atom. The molecular weight excluding hydrogens is 220 g/mol. The predicted octanol–water partition coefficient (Wildman–Crippen LogP) is 0.0859. The zero-order valence-electron chi connectivity index (χ0n) is 11.4. The molecule has 0 bridgehead atoms. The summed E-state index contributed by atoms with van der Waals surface area (Å²) in [5.41, 5.74) is 5.76. The molecule has 0 spiro atoms. The zero-order chi connectivity index (χ0) is 12.9. The molecule has 1 fully saturated rings. The molecule has 1 rings (SSSR count). The van der Waals surface area contributed by atoms with Crippen LogP contribution in [0.25, 0.3) is 0 Å². The Bertz CT molecular complexity index is 216. The number of methoxy groups -OCH3 is 2.